The van der Waals surface area contributed by atoms with Crippen LogP contribution in [0, 0.1) is 0 Å². The molecule has 0 amide bonds. The molecule has 0 bridgehead atoms. The minimum absolute atomic E-state index is 0.790. The lowest BCUT2D eigenvalue weighted by atomic mass is 10.2. The fraction of sp³-hybridized carbons (Fsp3) is 0. The Morgan fingerprint density at radius 2 is 2.15 bits per heavy atom. The van der Waals surface area contributed by atoms with Gasteiger partial charge in [0.05, 0.1) is 0 Å². The van der Waals surface area contributed by atoms with E-state index in [-0.39, 0.29) is 0 Å². The molecule has 0 radical (unpaired) electrons. The highest BCUT2D eigenvalue weighted by Gasteiger charge is 1.93. The summed E-state index contributed by atoms with van der Waals surface area (Å²) in [6.07, 6.45) is 4.11. The molecule has 0 fully saturated rings. The summed E-state index contributed by atoms with van der Waals surface area (Å²) in [6.45, 7) is 0. The molecule has 0 spiro atoms. The fourth-order valence-electron chi connectivity index (χ4n) is 1.23. The molecule has 64 valence electrons. The van der Waals surface area contributed by atoms with E-state index in [4.69, 9.17) is 0 Å². The molecule has 1 aromatic carbocycles. The number of carbonyl (C=O) groups is 1. The Morgan fingerprint density at radius 3 is 3.00 bits per heavy atom. The monoisotopic (exact) mass is 188 g/mol. The molecule has 2 rings (SSSR count). The fourth-order valence-corrected chi connectivity index (χ4v) is 2.06. The van der Waals surface area contributed by atoms with E-state index < -0.39 is 0 Å². The molecule has 0 aliphatic rings. The van der Waals surface area contributed by atoms with E-state index in [1.807, 2.05) is 12.1 Å². The molecule has 1 heterocycles. The summed E-state index contributed by atoms with van der Waals surface area (Å²) in [5.41, 5.74) is 1.07. The van der Waals surface area contributed by atoms with Crippen LogP contribution < -0.4 is 0 Å². The average molecular weight is 188 g/mol. The summed E-state index contributed by atoms with van der Waals surface area (Å²) < 4.78 is 1.26. The first-order chi connectivity index (χ1) is 6.40. The zero-order valence-electron chi connectivity index (χ0n) is 6.94. The number of fused-ring (bicyclic) bond motifs is 1. The number of benzene rings is 1. The lowest BCUT2D eigenvalue weighted by Gasteiger charge is -1.92. The first-order valence-corrected chi connectivity index (χ1v) is 4.87. The molecule has 0 saturated carbocycles. The number of aldehydes is 1. The standard InChI is InChI=1S/C11H8OS/c12-6-1-2-9-3-4-10-5-7-13-11(10)8-9/h1-8H/b2-1+. The Hall–Kier alpha value is -1.41. The Kier molecular flexibility index (Phi) is 2.23. The topological polar surface area (TPSA) is 17.1 Å². The first-order valence-electron chi connectivity index (χ1n) is 3.99. The second-order valence-corrected chi connectivity index (χ2v) is 3.66. The van der Waals surface area contributed by atoms with Crippen molar-refractivity contribution in [3.05, 3.63) is 41.3 Å². The molecule has 0 saturated heterocycles. The predicted molar refractivity (Wildman–Crippen MR) is 56.9 cm³/mol. The number of thiophene rings is 1. The van der Waals surface area contributed by atoms with E-state index in [2.05, 4.69) is 23.6 Å². The SMILES string of the molecule is O=C/C=C/c1ccc2ccsc2c1. The number of rotatable bonds is 2. The second-order valence-electron chi connectivity index (χ2n) is 2.71. The van der Waals surface area contributed by atoms with Crippen molar-refractivity contribution >= 4 is 33.8 Å². The minimum atomic E-state index is 0.790. The van der Waals surface area contributed by atoms with Gasteiger partial charge >= 0.3 is 0 Å². The maximum absolute atomic E-state index is 10.1. The van der Waals surface area contributed by atoms with Crippen LogP contribution in [-0.4, -0.2) is 6.29 Å². The van der Waals surface area contributed by atoms with Crippen LogP contribution in [-0.2, 0) is 4.79 Å². The smallest absolute Gasteiger partial charge is 0.142 e. The van der Waals surface area contributed by atoms with Crippen molar-refractivity contribution in [2.24, 2.45) is 0 Å². The highest BCUT2D eigenvalue weighted by atomic mass is 32.1. The molecule has 13 heavy (non-hydrogen) atoms. The average Bonchev–Trinajstić information content (AvgIpc) is 2.61. The van der Waals surface area contributed by atoms with Gasteiger partial charge in [-0.15, -0.1) is 11.3 Å². The van der Waals surface area contributed by atoms with Crippen LogP contribution >= 0.6 is 11.3 Å². The zero-order chi connectivity index (χ0) is 9.10. The molecule has 0 aliphatic carbocycles. The number of carbonyl (C=O) groups excluding carboxylic acids is 1. The van der Waals surface area contributed by atoms with Crippen LogP contribution in [0.5, 0.6) is 0 Å². The Balaban J connectivity index is 2.47. The Morgan fingerprint density at radius 1 is 1.23 bits per heavy atom. The summed E-state index contributed by atoms with van der Waals surface area (Å²) in [5.74, 6) is 0. The largest absolute Gasteiger partial charge is 0.299 e. The molecule has 0 atom stereocenters. The van der Waals surface area contributed by atoms with Gasteiger partial charge in [-0.1, -0.05) is 18.2 Å². The summed E-state index contributed by atoms with van der Waals surface area (Å²) in [4.78, 5) is 10.1. The molecule has 0 N–H and O–H groups in total. The van der Waals surface area contributed by atoms with Gasteiger partial charge in [-0.3, -0.25) is 4.79 Å². The number of allylic oxidation sites excluding steroid dienone is 1. The molecule has 2 aromatic rings. The van der Waals surface area contributed by atoms with Gasteiger partial charge < -0.3 is 0 Å². The van der Waals surface area contributed by atoms with Crippen LogP contribution in [0.2, 0.25) is 0 Å². The van der Waals surface area contributed by atoms with Crippen LogP contribution in [0.15, 0.2) is 35.7 Å². The van der Waals surface area contributed by atoms with Crippen LogP contribution in [0.1, 0.15) is 5.56 Å². The molecular formula is C11H8OS. The normalized spacial score (nSPS) is 11.1. The van der Waals surface area contributed by atoms with E-state index >= 15 is 0 Å². The van der Waals surface area contributed by atoms with Crippen molar-refractivity contribution in [2.75, 3.05) is 0 Å². The van der Waals surface area contributed by atoms with E-state index in [1.165, 1.54) is 16.2 Å². The predicted octanol–water partition coefficient (Wildman–Crippen LogP) is 3.11. The van der Waals surface area contributed by atoms with Crippen molar-refractivity contribution in [3.8, 4) is 0 Å². The van der Waals surface area contributed by atoms with Crippen molar-refractivity contribution in [2.45, 2.75) is 0 Å². The summed E-state index contributed by atoms with van der Waals surface area (Å²) >= 11 is 1.71. The van der Waals surface area contributed by atoms with Crippen LogP contribution in [0.3, 0.4) is 0 Å². The molecule has 0 aliphatic heterocycles. The van der Waals surface area contributed by atoms with Crippen molar-refractivity contribution in [3.63, 3.8) is 0 Å². The minimum Gasteiger partial charge on any atom is -0.299 e. The maximum Gasteiger partial charge on any atom is 0.142 e. The lowest BCUT2D eigenvalue weighted by molar-refractivity contribution is -0.104. The van der Waals surface area contributed by atoms with E-state index in [9.17, 15) is 4.79 Å². The van der Waals surface area contributed by atoms with Crippen molar-refractivity contribution in [1.29, 1.82) is 0 Å². The summed E-state index contributed by atoms with van der Waals surface area (Å²) in [7, 11) is 0. The van der Waals surface area contributed by atoms with Gasteiger partial charge in [0.2, 0.25) is 0 Å². The van der Waals surface area contributed by atoms with Gasteiger partial charge in [-0.25, -0.2) is 0 Å². The van der Waals surface area contributed by atoms with Gasteiger partial charge in [-0.05, 0) is 34.5 Å². The highest BCUT2D eigenvalue weighted by Crippen LogP contribution is 2.22. The Labute approximate surface area is 80.3 Å². The van der Waals surface area contributed by atoms with Gasteiger partial charge in [0.1, 0.15) is 6.29 Å². The van der Waals surface area contributed by atoms with Gasteiger partial charge in [0.15, 0.2) is 0 Å². The number of hydrogen-bond donors (Lipinski definition) is 0. The summed E-state index contributed by atoms with van der Waals surface area (Å²) in [5, 5.41) is 3.32. The second kappa shape index (κ2) is 3.54. The molecule has 2 heteroatoms. The highest BCUT2D eigenvalue weighted by molar-refractivity contribution is 7.17. The van der Waals surface area contributed by atoms with Gasteiger partial charge in [0.25, 0.3) is 0 Å². The zero-order valence-corrected chi connectivity index (χ0v) is 7.75. The van der Waals surface area contributed by atoms with Crippen LogP contribution in [0.4, 0.5) is 0 Å². The number of hydrogen-bond acceptors (Lipinski definition) is 2. The first kappa shape index (κ1) is 8.20. The molecule has 1 nitrogen and oxygen atoms in total. The quantitative estimate of drug-likeness (QED) is 0.522. The van der Waals surface area contributed by atoms with E-state index in [0.717, 1.165) is 11.8 Å². The van der Waals surface area contributed by atoms with Gasteiger partial charge in [-0.2, -0.15) is 0 Å². The summed E-state index contributed by atoms with van der Waals surface area (Å²) in [6, 6.07) is 8.25. The van der Waals surface area contributed by atoms with Crippen molar-refractivity contribution in [1.82, 2.24) is 0 Å². The van der Waals surface area contributed by atoms with Crippen LogP contribution in [0.25, 0.3) is 16.2 Å². The van der Waals surface area contributed by atoms with E-state index in [1.54, 1.807) is 11.3 Å². The van der Waals surface area contributed by atoms with Gasteiger partial charge in [0, 0.05) is 4.70 Å². The maximum atomic E-state index is 10.1. The third-order valence-corrected chi connectivity index (χ3v) is 2.73. The Bertz CT molecular complexity index is 454. The third-order valence-electron chi connectivity index (χ3n) is 1.85. The molecular weight excluding hydrogens is 180 g/mol. The van der Waals surface area contributed by atoms with E-state index in [0.29, 0.717) is 0 Å². The molecule has 0 unspecified atom stereocenters. The van der Waals surface area contributed by atoms with Crippen molar-refractivity contribution < 1.29 is 4.79 Å². The lowest BCUT2D eigenvalue weighted by Crippen LogP contribution is -1.70. The molecule has 1 aromatic heterocycles. The third kappa shape index (κ3) is 1.68.